The second-order valence-electron chi connectivity index (χ2n) is 4.13. The molecule has 18 heavy (non-hydrogen) atoms. The summed E-state index contributed by atoms with van der Waals surface area (Å²) in [5.74, 6) is 0. The molecule has 1 nitrogen and oxygen atoms in total. The van der Waals surface area contributed by atoms with Crippen LogP contribution in [0.5, 0.6) is 0 Å². The lowest BCUT2D eigenvalue weighted by Gasteiger charge is -2.06. The first kappa shape index (κ1) is 11.7. The fourth-order valence-corrected chi connectivity index (χ4v) is 3.82. The van der Waals surface area contributed by atoms with Crippen molar-refractivity contribution < 1.29 is 0 Å². The zero-order valence-corrected chi connectivity index (χ0v) is 11.6. The van der Waals surface area contributed by atoms with Crippen LogP contribution in [0.4, 0.5) is 0 Å². The average molecular weight is 274 g/mol. The lowest BCUT2D eigenvalue weighted by Crippen LogP contribution is -1.91. The van der Waals surface area contributed by atoms with Crippen LogP contribution in [0.15, 0.2) is 30.8 Å². The van der Waals surface area contributed by atoms with Crippen LogP contribution in [0.2, 0.25) is 5.15 Å². The van der Waals surface area contributed by atoms with Crippen LogP contribution < -0.4 is 0 Å². The second kappa shape index (κ2) is 4.38. The predicted molar refractivity (Wildman–Crippen MR) is 81.6 cm³/mol. The van der Waals surface area contributed by atoms with Gasteiger partial charge in [0, 0.05) is 10.1 Å². The Morgan fingerprint density at radius 2 is 2.17 bits per heavy atom. The molecule has 1 aromatic carbocycles. The maximum Gasteiger partial charge on any atom is 0.133 e. The third-order valence-electron chi connectivity index (χ3n) is 3.16. The SMILES string of the molecule is C=Cc1c(CC)c(Cl)nc2c1sc1ccccc12. The minimum Gasteiger partial charge on any atom is -0.234 e. The van der Waals surface area contributed by atoms with E-state index in [9.17, 15) is 0 Å². The molecule has 0 atom stereocenters. The number of fused-ring (bicyclic) bond motifs is 3. The number of nitrogens with zero attached hydrogens (tertiary/aromatic N) is 1. The molecule has 0 radical (unpaired) electrons. The number of pyridine rings is 1. The van der Waals surface area contributed by atoms with Gasteiger partial charge in [-0.25, -0.2) is 4.98 Å². The third kappa shape index (κ3) is 1.57. The van der Waals surface area contributed by atoms with E-state index >= 15 is 0 Å². The van der Waals surface area contributed by atoms with Gasteiger partial charge in [0.15, 0.2) is 0 Å². The maximum atomic E-state index is 6.29. The van der Waals surface area contributed by atoms with E-state index in [4.69, 9.17) is 11.6 Å². The van der Waals surface area contributed by atoms with Crippen LogP contribution in [0.3, 0.4) is 0 Å². The third-order valence-corrected chi connectivity index (χ3v) is 4.66. The molecule has 0 saturated carbocycles. The van der Waals surface area contributed by atoms with Crippen molar-refractivity contribution in [3.05, 3.63) is 47.1 Å². The minimum absolute atomic E-state index is 0.600. The first-order valence-corrected chi connectivity index (χ1v) is 7.07. The number of hydrogen-bond donors (Lipinski definition) is 0. The van der Waals surface area contributed by atoms with Crippen LogP contribution in [-0.2, 0) is 6.42 Å². The minimum atomic E-state index is 0.600. The Balaban J connectivity index is 2.55. The van der Waals surface area contributed by atoms with Crippen LogP contribution in [-0.4, -0.2) is 4.98 Å². The Kier molecular flexibility index (Phi) is 2.84. The van der Waals surface area contributed by atoms with Gasteiger partial charge in [-0.15, -0.1) is 11.3 Å². The number of aromatic nitrogens is 1. The summed E-state index contributed by atoms with van der Waals surface area (Å²) in [5.41, 5.74) is 3.21. The highest BCUT2D eigenvalue weighted by Crippen LogP contribution is 2.38. The summed E-state index contributed by atoms with van der Waals surface area (Å²) in [6.45, 7) is 6.01. The Hall–Kier alpha value is -1.38. The second-order valence-corrected chi connectivity index (χ2v) is 5.54. The van der Waals surface area contributed by atoms with Gasteiger partial charge in [0.25, 0.3) is 0 Å². The van der Waals surface area contributed by atoms with Crippen molar-refractivity contribution in [2.24, 2.45) is 0 Å². The van der Waals surface area contributed by atoms with Crippen LogP contribution in [0.25, 0.3) is 26.4 Å². The predicted octanol–water partition coefficient (Wildman–Crippen LogP) is 5.31. The molecule has 3 aromatic rings. The molecule has 0 bridgehead atoms. The van der Waals surface area contributed by atoms with Crippen LogP contribution in [0.1, 0.15) is 18.1 Å². The van der Waals surface area contributed by atoms with Gasteiger partial charge in [0.05, 0.1) is 10.2 Å². The van der Waals surface area contributed by atoms with E-state index in [0.717, 1.165) is 23.1 Å². The van der Waals surface area contributed by atoms with E-state index < -0.39 is 0 Å². The van der Waals surface area contributed by atoms with Crippen molar-refractivity contribution in [1.29, 1.82) is 0 Å². The molecule has 0 amide bonds. The van der Waals surface area contributed by atoms with Crippen molar-refractivity contribution in [3.8, 4) is 0 Å². The van der Waals surface area contributed by atoms with E-state index in [0.29, 0.717) is 5.15 Å². The standard InChI is InChI=1S/C15H12ClNS/c1-3-9-10(4-2)15(16)17-13-11-7-5-6-8-12(11)18-14(9)13/h3,5-8H,1,4H2,2H3. The van der Waals surface area contributed by atoms with Crippen molar-refractivity contribution in [2.45, 2.75) is 13.3 Å². The van der Waals surface area contributed by atoms with Crippen molar-refractivity contribution in [2.75, 3.05) is 0 Å². The van der Waals surface area contributed by atoms with Gasteiger partial charge in [0.2, 0.25) is 0 Å². The van der Waals surface area contributed by atoms with E-state index in [1.165, 1.54) is 14.8 Å². The van der Waals surface area contributed by atoms with Gasteiger partial charge in [-0.3, -0.25) is 0 Å². The van der Waals surface area contributed by atoms with Gasteiger partial charge in [-0.05, 0) is 23.6 Å². The molecule has 3 heteroatoms. The highest BCUT2D eigenvalue weighted by Gasteiger charge is 2.14. The topological polar surface area (TPSA) is 12.9 Å². The summed E-state index contributed by atoms with van der Waals surface area (Å²) in [5, 5.41) is 1.77. The molecule has 0 aliphatic heterocycles. The number of rotatable bonds is 2. The number of halogens is 1. The Bertz CT molecular complexity index is 758. The van der Waals surface area contributed by atoms with E-state index in [1.54, 1.807) is 11.3 Å². The average Bonchev–Trinajstić information content (AvgIpc) is 2.75. The van der Waals surface area contributed by atoms with Gasteiger partial charge < -0.3 is 0 Å². The summed E-state index contributed by atoms with van der Waals surface area (Å²) in [6, 6.07) is 8.29. The van der Waals surface area contributed by atoms with Crippen molar-refractivity contribution in [3.63, 3.8) is 0 Å². The Morgan fingerprint density at radius 3 is 2.89 bits per heavy atom. The molecular formula is C15H12ClNS. The van der Waals surface area contributed by atoms with Gasteiger partial charge in [-0.1, -0.05) is 49.4 Å². The van der Waals surface area contributed by atoms with E-state index in [1.807, 2.05) is 18.2 Å². The molecule has 90 valence electrons. The molecule has 0 fully saturated rings. The fraction of sp³-hybridized carbons (Fsp3) is 0.133. The number of hydrogen-bond acceptors (Lipinski definition) is 2. The van der Waals surface area contributed by atoms with Crippen LogP contribution in [0, 0.1) is 0 Å². The molecule has 0 unspecified atom stereocenters. The molecule has 0 N–H and O–H groups in total. The molecule has 3 rings (SSSR count). The maximum absolute atomic E-state index is 6.29. The summed E-state index contributed by atoms with van der Waals surface area (Å²) < 4.78 is 2.43. The molecule has 0 aliphatic rings. The number of benzene rings is 1. The zero-order valence-electron chi connectivity index (χ0n) is 10.0. The van der Waals surface area contributed by atoms with E-state index in [2.05, 4.69) is 30.6 Å². The fourth-order valence-electron chi connectivity index (χ4n) is 2.29. The van der Waals surface area contributed by atoms with Gasteiger partial charge >= 0.3 is 0 Å². The quantitative estimate of drug-likeness (QED) is 0.577. The summed E-state index contributed by atoms with van der Waals surface area (Å²) in [4.78, 5) is 4.57. The van der Waals surface area contributed by atoms with Gasteiger partial charge in [-0.2, -0.15) is 0 Å². The summed E-state index contributed by atoms with van der Waals surface area (Å²) in [6.07, 6.45) is 2.77. The lowest BCUT2D eigenvalue weighted by atomic mass is 10.1. The summed E-state index contributed by atoms with van der Waals surface area (Å²) in [7, 11) is 0. The molecule has 2 aromatic heterocycles. The number of thiophene rings is 1. The highest BCUT2D eigenvalue weighted by atomic mass is 35.5. The van der Waals surface area contributed by atoms with Gasteiger partial charge in [0.1, 0.15) is 5.15 Å². The Labute approximate surface area is 115 Å². The molecular weight excluding hydrogens is 262 g/mol. The van der Waals surface area contributed by atoms with Crippen molar-refractivity contribution >= 4 is 49.3 Å². The Morgan fingerprint density at radius 1 is 1.39 bits per heavy atom. The zero-order chi connectivity index (χ0) is 12.7. The lowest BCUT2D eigenvalue weighted by molar-refractivity contribution is 1.12. The largest absolute Gasteiger partial charge is 0.234 e. The summed E-state index contributed by atoms with van der Waals surface area (Å²) >= 11 is 8.05. The molecule has 0 spiro atoms. The first-order valence-electron chi connectivity index (χ1n) is 5.88. The normalized spacial score (nSPS) is 11.2. The van der Waals surface area contributed by atoms with E-state index in [-0.39, 0.29) is 0 Å². The van der Waals surface area contributed by atoms with Crippen LogP contribution >= 0.6 is 22.9 Å². The first-order chi connectivity index (χ1) is 8.76. The molecule has 2 heterocycles. The van der Waals surface area contributed by atoms with Crippen molar-refractivity contribution in [1.82, 2.24) is 4.98 Å². The smallest absolute Gasteiger partial charge is 0.133 e. The highest BCUT2D eigenvalue weighted by molar-refractivity contribution is 7.26. The molecule has 0 saturated heterocycles. The monoisotopic (exact) mass is 273 g/mol. The molecule has 0 aliphatic carbocycles.